The molecule has 0 aromatic heterocycles. The normalized spacial score (nSPS) is 17.9. The number of carboxylic acid groups (broad SMARTS) is 1. The fourth-order valence-corrected chi connectivity index (χ4v) is 1.91. The van der Waals surface area contributed by atoms with E-state index in [2.05, 4.69) is 29.5 Å². The molecule has 0 heterocycles. The van der Waals surface area contributed by atoms with Crippen LogP contribution in [0.3, 0.4) is 0 Å². The number of nitrogens with one attached hydrogen (secondary N) is 2. The maximum absolute atomic E-state index is 11.6. The van der Waals surface area contributed by atoms with Crippen molar-refractivity contribution in [1.29, 1.82) is 0 Å². The van der Waals surface area contributed by atoms with E-state index in [1.165, 1.54) is 12.8 Å². The van der Waals surface area contributed by atoms with E-state index < -0.39 is 5.97 Å². The number of hydrogen-bond acceptors (Lipinski definition) is 3. The molecule has 110 valence electrons. The largest absolute Gasteiger partial charge is 0.481 e. The molecule has 2 unspecified atom stereocenters. The molecule has 1 rings (SSSR count). The number of rotatable bonds is 8. The lowest BCUT2D eigenvalue weighted by atomic mass is 10.2. The molecule has 0 aromatic rings. The van der Waals surface area contributed by atoms with Gasteiger partial charge in [-0.25, -0.2) is 4.79 Å². The van der Waals surface area contributed by atoms with Gasteiger partial charge in [-0.05, 0) is 40.2 Å². The molecule has 3 N–H and O–H groups in total. The number of hydrogen-bond donors (Lipinski definition) is 3. The molecule has 1 fully saturated rings. The number of nitrogens with zero attached hydrogens (tertiary/aromatic N) is 1. The highest BCUT2D eigenvalue weighted by Gasteiger charge is 2.29. The maximum atomic E-state index is 11.6. The molecule has 0 bridgehead atoms. The van der Waals surface area contributed by atoms with Gasteiger partial charge in [-0.1, -0.05) is 0 Å². The van der Waals surface area contributed by atoms with Gasteiger partial charge in [0, 0.05) is 31.1 Å². The van der Waals surface area contributed by atoms with Crippen LogP contribution in [0.5, 0.6) is 0 Å². The highest BCUT2D eigenvalue weighted by Crippen LogP contribution is 2.26. The van der Waals surface area contributed by atoms with E-state index in [0.717, 1.165) is 0 Å². The Labute approximate surface area is 114 Å². The van der Waals surface area contributed by atoms with Crippen LogP contribution in [0.15, 0.2) is 0 Å². The number of carboxylic acids is 1. The van der Waals surface area contributed by atoms with Crippen LogP contribution in [0, 0.1) is 0 Å². The van der Waals surface area contributed by atoms with Crippen molar-refractivity contribution in [1.82, 2.24) is 15.5 Å². The number of aliphatic carboxylic acids is 1. The first kappa shape index (κ1) is 15.8. The molecule has 0 aromatic carbocycles. The van der Waals surface area contributed by atoms with Gasteiger partial charge >= 0.3 is 12.0 Å². The zero-order valence-corrected chi connectivity index (χ0v) is 12.0. The smallest absolute Gasteiger partial charge is 0.315 e. The number of carbonyl (C=O) groups excluding carboxylic acids is 1. The van der Waals surface area contributed by atoms with Crippen molar-refractivity contribution in [3.05, 3.63) is 0 Å². The lowest BCUT2D eigenvalue weighted by Gasteiger charge is -2.25. The van der Waals surface area contributed by atoms with Crippen LogP contribution in [0.1, 0.15) is 39.5 Å². The molecule has 6 heteroatoms. The van der Waals surface area contributed by atoms with Crippen molar-refractivity contribution in [3.63, 3.8) is 0 Å². The lowest BCUT2D eigenvalue weighted by molar-refractivity contribution is -0.137. The molecule has 0 radical (unpaired) electrons. The molecule has 2 atom stereocenters. The van der Waals surface area contributed by atoms with Crippen LogP contribution >= 0.6 is 0 Å². The number of likely N-dealkylation sites (N-methyl/N-ethyl adjacent to an activating group) is 1. The summed E-state index contributed by atoms with van der Waals surface area (Å²) in [5.41, 5.74) is 0. The van der Waals surface area contributed by atoms with Crippen molar-refractivity contribution in [2.75, 3.05) is 13.6 Å². The molecule has 6 nitrogen and oxygen atoms in total. The molecule has 0 aliphatic heterocycles. The Bertz CT molecular complexity index is 318. The molecule has 1 aliphatic carbocycles. The van der Waals surface area contributed by atoms with E-state index in [1.807, 2.05) is 6.92 Å². The molecule has 0 saturated heterocycles. The van der Waals surface area contributed by atoms with Crippen LogP contribution < -0.4 is 10.6 Å². The van der Waals surface area contributed by atoms with Gasteiger partial charge in [0.2, 0.25) is 0 Å². The summed E-state index contributed by atoms with van der Waals surface area (Å²) < 4.78 is 0. The summed E-state index contributed by atoms with van der Waals surface area (Å²) in [6.45, 7) is 4.50. The van der Waals surface area contributed by atoms with Gasteiger partial charge in [0.05, 0.1) is 0 Å². The zero-order valence-electron chi connectivity index (χ0n) is 12.0. The van der Waals surface area contributed by atoms with E-state index in [9.17, 15) is 9.59 Å². The van der Waals surface area contributed by atoms with Crippen molar-refractivity contribution in [2.24, 2.45) is 0 Å². The molecular weight excluding hydrogens is 246 g/mol. The van der Waals surface area contributed by atoms with Crippen LogP contribution in [0.25, 0.3) is 0 Å². The average Bonchev–Trinajstić information content (AvgIpc) is 3.16. The number of urea groups is 1. The quantitative estimate of drug-likeness (QED) is 0.615. The van der Waals surface area contributed by atoms with Gasteiger partial charge in [-0.15, -0.1) is 0 Å². The second-order valence-corrected chi connectivity index (χ2v) is 5.43. The third kappa shape index (κ3) is 6.42. The molecular formula is C13H25N3O3. The summed E-state index contributed by atoms with van der Waals surface area (Å²) >= 11 is 0. The summed E-state index contributed by atoms with van der Waals surface area (Å²) in [5.74, 6) is -0.839. The summed E-state index contributed by atoms with van der Waals surface area (Å²) in [5, 5.41) is 14.1. The average molecular weight is 271 g/mol. The first-order chi connectivity index (χ1) is 8.90. The Kier molecular flexibility index (Phi) is 6.08. The van der Waals surface area contributed by atoms with E-state index in [1.54, 1.807) is 0 Å². The Morgan fingerprint density at radius 1 is 1.37 bits per heavy atom. The fourth-order valence-electron chi connectivity index (χ4n) is 1.91. The van der Waals surface area contributed by atoms with Gasteiger partial charge in [0.1, 0.15) is 0 Å². The highest BCUT2D eigenvalue weighted by molar-refractivity contribution is 5.74. The Morgan fingerprint density at radius 3 is 2.53 bits per heavy atom. The molecule has 19 heavy (non-hydrogen) atoms. The third-order valence-electron chi connectivity index (χ3n) is 3.54. The van der Waals surface area contributed by atoms with Crippen LogP contribution in [-0.2, 0) is 4.79 Å². The summed E-state index contributed by atoms with van der Waals surface area (Å²) in [4.78, 5) is 24.3. The Balaban J connectivity index is 2.14. The maximum Gasteiger partial charge on any atom is 0.315 e. The monoisotopic (exact) mass is 271 g/mol. The van der Waals surface area contributed by atoms with E-state index in [4.69, 9.17) is 5.11 Å². The summed E-state index contributed by atoms with van der Waals surface area (Å²) in [6.07, 6.45) is 3.01. The minimum Gasteiger partial charge on any atom is -0.481 e. The van der Waals surface area contributed by atoms with E-state index in [0.29, 0.717) is 25.0 Å². The topological polar surface area (TPSA) is 81.7 Å². The van der Waals surface area contributed by atoms with Gasteiger partial charge < -0.3 is 15.7 Å². The van der Waals surface area contributed by atoms with E-state index >= 15 is 0 Å². The molecule has 1 aliphatic rings. The lowest BCUT2D eigenvalue weighted by Crippen LogP contribution is -2.46. The standard InChI is InChI=1S/C13H25N3O3/c1-9(4-7-12(17)18)15-13(19)14-8-10(2)16(3)11-5-6-11/h9-11H,4-8H2,1-3H3,(H,17,18)(H2,14,15,19). The minimum absolute atomic E-state index is 0.0717. The minimum atomic E-state index is -0.839. The summed E-state index contributed by atoms with van der Waals surface area (Å²) in [6, 6.07) is 0.628. The Hall–Kier alpha value is -1.30. The second-order valence-electron chi connectivity index (χ2n) is 5.43. The second kappa shape index (κ2) is 7.33. The van der Waals surface area contributed by atoms with Crippen LogP contribution in [0.2, 0.25) is 0 Å². The number of carbonyl (C=O) groups is 2. The predicted molar refractivity (Wildman–Crippen MR) is 73.1 cm³/mol. The Morgan fingerprint density at radius 2 is 2.00 bits per heavy atom. The van der Waals surface area contributed by atoms with Crippen LogP contribution in [-0.4, -0.2) is 53.7 Å². The van der Waals surface area contributed by atoms with Crippen molar-refractivity contribution >= 4 is 12.0 Å². The SMILES string of the molecule is CC(CCC(=O)O)NC(=O)NCC(C)N(C)C1CC1. The highest BCUT2D eigenvalue weighted by atomic mass is 16.4. The van der Waals surface area contributed by atoms with Crippen molar-refractivity contribution in [2.45, 2.75) is 57.7 Å². The molecule has 1 saturated carbocycles. The fraction of sp³-hybridized carbons (Fsp3) is 0.846. The van der Waals surface area contributed by atoms with Gasteiger partial charge in [-0.3, -0.25) is 9.69 Å². The van der Waals surface area contributed by atoms with E-state index in [-0.39, 0.29) is 18.5 Å². The first-order valence-electron chi connectivity index (χ1n) is 6.88. The predicted octanol–water partition coefficient (Wildman–Crippen LogP) is 1.02. The third-order valence-corrected chi connectivity index (χ3v) is 3.54. The van der Waals surface area contributed by atoms with Crippen molar-refractivity contribution < 1.29 is 14.7 Å². The van der Waals surface area contributed by atoms with Gasteiger partial charge in [-0.2, -0.15) is 0 Å². The summed E-state index contributed by atoms with van der Waals surface area (Å²) in [7, 11) is 2.08. The zero-order chi connectivity index (χ0) is 14.4. The molecule has 2 amide bonds. The molecule has 0 spiro atoms. The van der Waals surface area contributed by atoms with Crippen molar-refractivity contribution in [3.8, 4) is 0 Å². The van der Waals surface area contributed by atoms with Gasteiger partial charge in [0.15, 0.2) is 0 Å². The van der Waals surface area contributed by atoms with Crippen LogP contribution in [0.4, 0.5) is 4.79 Å². The number of amides is 2. The first-order valence-corrected chi connectivity index (χ1v) is 6.88. The van der Waals surface area contributed by atoms with Gasteiger partial charge in [0.25, 0.3) is 0 Å².